The number of carbonyl (C=O) groups is 1. The van der Waals surface area contributed by atoms with Gasteiger partial charge in [0.2, 0.25) is 15.9 Å². The summed E-state index contributed by atoms with van der Waals surface area (Å²) in [6.07, 6.45) is 1.14. The minimum absolute atomic E-state index is 0.298. The molecule has 2 aromatic rings. The third-order valence-electron chi connectivity index (χ3n) is 4.76. The van der Waals surface area contributed by atoms with E-state index in [0.717, 1.165) is 28.9 Å². The lowest BCUT2D eigenvalue weighted by molar-refractivity contribution is -0.121. The molecule has 2 aromatic carbocycles. The van der Waals surface area contributed by atoms with Crippen LogP contribution in [0.1, 0.15) is 29.2 Å². The van der Waals surface area contributed by atoms with E-state index in [0.29, 0.717) is 12.2 Å². The Bertz CT molecular complexity index is 958. The molecule has 0 saturated heterocycles. The second kappa shape index (κ2) is 10.2. The molecule has 0 heterocycles. The molecule has 0 bridgehead atoms. The highest BCUT2D eigenvalue weighted by Gasteiger charge is 2.30. The SMILES string of the molecule is Cc1ccc(C)c(N(C(C)C(=O)NCCSCc2ccccc2C)S(C)(=O)=O)c1. The van der Waals surface area contributed by atoms with E-state index in [1.807, 2.05) is 38.1 Å². The second-order valence-corrected chi connectivity index (χ2v) is 10.3. The molecule has 0 radical (unpaired) electrons. The number of hydrogen-bond donors (Lipinski definition) is 1. The molecule has 2 rings (SSSR count). The molecule has 0 saturated carbocycles. The first-order chi connectivity index (χ1) is 13.6. The molecule has 1 unspecified atom stereocenters. The maximum atomic E-state index is 12.7. The van der Waals surface area contributed by atoms with Gasteiger partial charge in [-0.2, -0.15) is 11.8 Å². The Morgan fingerprint density at radius 2 is 1.79 bits per heavy atom. The highest BCUT2D eigenvalue weighted by atomic mass is 32.2. The van der Waals surface area contributed by atoms with Gasteiger partial charge in [0, 0.05) is 18.1 Å². The molecular weight excluding hydrogens is 404 g/mol. The van der Waals surface area contributed by atoms with Crippen LogP contribution in [0.25, 0.3) is 0 Å². The van der Waals surface area contributed by atoms with Crippen molar-refractivity contribution in [3.8, 4) is 0 Å². The van der Waals surface area contributed by atoms with Gasteiger partial charge in [-0.25, -0.2) is 8.42 Å². The molecule has 1 atom stereocenters. The molecule has 0 aliphatic carbocycles. The summed E-state index contributed by atoms with van der Waals surface area (Å²) in [5, 5.41) is 2.87. The van der Waals surface area contributed by atoms with Crippen molar-refractivity contribution in [3.05, 3.63) is 64.7 Å². The molecule has 5 nitrogen and oxygen atoms in total. The normalized spacial score (nSPS) is 12.4. The molecule has 0 aromatic heterocycles. The number of benzene rings is 2. The van der Waals surface area contributed by atoms with Gasteiger partial charge in [0.25, 0.3) is 0 Å². The monoisotopic (exact) mass is 434 g/mol. The third kappa shape index (κ3) is 6.51. The van der Waals surface area contributed by atoms with Crippen molar-refractivity contribution in [3.63, 3.8) is 0 Å². The molecule has 1 amide bonds. The summed E-state index contributed by atoms with van der Waals surface area (Å²) in [6.45, 7) is 7.95. The standard InChI is InChI=1S/C22H30N2O3S2/c1-16-10-11-18(3)21(14-16)24(29(5,26)27)19(4)22(25)23-12-13-28-15-20-9-7-6-8-17(20)2/h6-11,14,19H,12-13,15H2,1-5H3,(H,23,25). The number of aryl methyl sites for hydroxylation is 3. The fraction of sp³-hybridized carbons (Fsp3) is 0.409. The lowest BCUT2D eigenvalue weighted by Gasteiger charge is -2.29. The highest BCUT2D eigenvalue weighted by Crippen LogP contribution is 2.26. The number of rotatable bonds is 9. The summed E-state index contributed by atoms with van der Waals surface area (Å²) < 4.78 is 26.1. The summed E-state index contributed by atoms with van der Waals surface area (Å²) in [7, 11) is -3.61. The van der Waals surface area contributed by atoms with E-state index in [1.54, 1.807) is 24.8 Å². The van der Waals surface area contributed by atoms with Gasteiger partial charge in [-0.05, 0) is 56.0 Å². The quantitative estimate of drug-likeness (QED) is 0.610. The van der Waals surface area contributed by atoms with Crippen molar-refractivity contribution in [1.29, 1.82) is 0 Å². The Hall–Kier alpha value is -1.99. The van der Waals surface area contributed by atoms with Gasteiger partial charge in [-0.15, -0.1) is 0 Å². The van der Waals surface area contributed by atoms with Crippen LogP contribution in [0.2, 0.25) is 0 Å². The van der Waals surface area contributed by atoms with Gasteiger partial charge in [0.1, 0.15) is 6.04 Å². The molecule has 0 spiro atoms. The van der Waals surface area contributed by atoms with Crippen LogP contribution < -0.4 is 9.62 Å². The van der Waals surface area contributed by atoms with Gasteiger partial charge < -0.3 is 5.32 Å². The van der Waals surface area contributed by atoms with E-state index in [9.17, 15) is 13.2 Å². The van der Waals surface area contributed by atoms with Crippen LogP contribution in [-0.4, -0.2) is 38.9 Å². The van der Waals surface area contributed by atoms with E-state index in [-0.39, 0.29) is 5.91 Å². The van der Waals surface area contributed by atoms with Crippen molar-refractivity contribution in [1.82, 2.24) is 5.32 Å². The molecule has 0 fully saturated rings. The van der Waals surface area contributed by atoms with Crippen LogP contribution in [0.4, 0.5) is 5.69 Å². The summed E-state index contributed by atoms with van der Waals surface area (Å²) in [6, 6.07) is 13.0. The van der Waals surface area contributed by atoms with Gasteiger partial charge in [0.15, 0.2) is 0 Å². The lowest BCUT2D eigenvalue weighted by Crippen LogP contribution is -2.48. The van der Waals surface area contributed by atoms with Crippen molar-refractivity contribution >= 4 is 33.4 Å². The Morgan fingerprint density at radius 1 is 1.10 bits per heavy atom. The zero-order valence-electron chi connectivity index (χ0n) is 17.7. The van der Waals surface area contributed by atoms with Crippen LogP contribution in [0, 0.1) is 20.8 Å². The molecule has 1 N–H and O–H groups in total. The lowest BCUT2D eigenvalue weighted by atomic mass is 10.1. The summed E-state index contributed by atoms with van der Waals surface area (Å²) in [4.78, 5) is 12.7. The molecule has 0 aliphatic rings. The van der Waals surface area contributed by atoms with Crippen molar-refractivity contribution in [2.45, 2.75) is 39.5 Å². The first-order valence-corrected chi connectivity index (χ1v) is 12.6. The van der Waals surface area contributed by atoms with Crippen LogP contribution in [0.15, 0.2) is 42.5 Å². The fourth-order valence-corrected chi connectivity index (χ4v) is 5.24. The van der Waals surface area contributed by atoms with Gasteiger partial charge >= 0.3 is 0 Å². The first-order valence-electron chi connectivity index (χ1n) is 9.58. The highest BCUT2D eigenvalue weighted by molar-refractivity contribution is 7.98. The summed E-state index contributed by atoms with van der Waals surface area (Å²) in [5.74, 6) is 1.35. The second-order valence-electron chi connectivity index (χ2n) is 7.29. The van der Waals surface area contributed by atoms with Gasteiger partial charge in [-0.1, -0.05) is 36.4 Å². The number of anilines is 1. The fourth-order valence-electron chi connectivity index (χ4n) is 3.09. The van der Waals surface area contributed by atoms with E-state index in [1.165, 1.54) is 15.4 Å². The summed E-state index contributed by atoms with van der Waals surface area (Å²) in [5.41, 5.74) is 4.85. The van der Waals surface area contributed by atoms with E-state index in [4.69, 9.17) is 0 Å². The van der Waals surface area contributed by atoms with Crippen LogP contribution in [0.3, 0.4) is 0 Å². The zero-order chi connectivity index (χ0) is 21.6. The molecular formula is C22H30N2O3S2. The van der Waals surface area contributed by atoms with Crippen molar-refractivity contribution < 1.29 is 13.2 Å². The zero-order valence-corrected chi connectivity index (χ0v) is 19.4. The average molecular weight is 435 g/mol. The number of carbonyl (C=O) groups excluding carboxylic acids is 1. The van der Waals surface area contributed by atoms with Crippen LogP contribution >= 0.6 is 11.8 Å². The average Bonchev–Trinajstić information content (AvgIpc) is 2.64. The molecule has 0 aliphatic heterocycles. The van der Waals surface area contributed by atoms with E-state index < -0.39 is 16.1 Å². The number of nitrogens with zero attached hydrogens (tertiary/aromatic N) is 1. The number of hydrogen-bond acceptors (Lipinski definition) is 4. The number of amides is 1. The van der Waals surface area contributed by atoms with E-state index >= 15 is 0 Å². The first kappa shape index (κ1) is 23.3. The smallest absolute Gasteiger partial charge is 0.243 e. The Morgan fingerprint density at radius 3 is 2.45 bits per heavy atom. The summed E-state index contributed by atoms with van der Waals surface area (Å²) >= 11 is 1.74. The predicted molar refractivity (Wildman–Crippen MR) is 123 cm³/mol. The molecule has 7 heteroatoms. The van der Waals surface area contributed by atoms with Crippen molar-refractivity contribution in [2.24, 2.45) is 0 Å². The van der Waals surface area contributed by atoms with Crippen LogP contribution in [0.5, 0.6) is 0 Å². The van der Waals surface area contributed by atoms with Gasteiger partial charge in [0.05, 0.1) is 11.9 Å². The van der Waals surface area contributed by atoms with E-state index in [2.05, 4.69) is 24.4 Å². The minimum atomic E-state index is -3.61. The Kier molecular flexibility index (Phi) is 8.16. The number of thioether (sulfide) groups is 1. The maximum absolute atomic E-state index is 12.7. The minimum Gasteiger partial charge on any atom is -0.353 e. The molecule has 29 heavy (non-hydrogen) atoms. The topological polar surface area (TPSA) is 66.5 Å². The van der Waals surface area contributed by atoms with Crippen LogP contribution in [-0.2, 0) is 20.6 Å². The number of sulfonamides is 1. The van der Waals surface area contributed by atoms with Gasteiger partial charge in [-0.3, -0.25) is 9.10 Å². The Balaban J connectivity index is 1.97. The molecule has 158 valence electrons. The maximum Gasteiger partial charge on any atom is 0.243 e. The third-order valence-corrected chi connectivity index (χ3v) is 6.99. The largest absolute Gasteiger partial charge is 0.353 e. The van der Waals surface area contributed by atoms with Crippen molar-refractivity contribution in [2.75, 3.05) is 22.9 Å². The predicted octanol–water partition coefficient (Wildman–Crippen LogP) is 3.82. The number of nitrogens with one attached hydrogen (secondary N) is 1. The Labute approximate surface area is 178 Å².